The molecule has 1 N–H and O–H groups in total. The first-order chi connectivity index (χ1) is 13.1. The third kappa shape index (κ3) is 3.61. The molecule has 0 aromatic heterocycles. The van der Waals surface area contributed by atoms with E-state index in [-0.39, 0.29) is 6.03 Å². The molecule has 5 fully saturated rings. The molecule has 27 heavy (non-hydrogen) atoms. The number of nitrogens with zero attached hydrogens (tertiary/aromatic N) is 2. The van der Waals surface area contributed by atoms with E-state index in [1.165, 1.54) is 50.6 Å². The molecule has 4 nitrogen and oxygen atoms in total. The van der Waals surface area contributed by atoms with E-state index in [1.807, 2.05) is 29.2 Å². The Morgan fingerprint density at radius 2 is 1.52 bits per heavy atom. The monoisotopic (exact) mass is 367 g/mol. The highest BCUT2D eigenvalue weighted by Crippen LogP contribution is 2.60. The van der Waals surface area contributed by atoms with E-state index in [9.17, 15) is 4.79 Å². The van der Waals surface area contributed by atoms with E-state index in [2.05, 4.69) is 17.1 Å². The normalized spacial score (nSPS) is 35.4. The Balaban J connectivity index is 1.14. The molecule has 4 bridgehead atoms. The van der Waals surface area contributed by atoms with Gasteiger partial charge in [0.25, 0.3) is 0 Å². The van der Waals surface area contributed by atoms with Crippen molar-refractivity contribution in [3.05, 3.63) is 29.8 Å². The molecule has 4 heteroatoms. The fourth-order valence-corrected chi connectivity index (χ4v) is 6.91. The number of piperazine rings is 1. The van der Waals surface area contributed by atoms with Crippen LogP contribution < -0.4 is 5.32 Å². The molecule has 0 atom stereocenters. The van der Waals surface area contributed by atoms with Gasteiger partial charge in [0.15, 0.2) is 0 Å². The number of hydrogen-bond donors (Lipinski definition) is 1. The zero-order valence-corrected chi connectivity index (χ0v) is 16.6. The van der Waals surface area contributed by atoms with Crippen LogP contribution in [0.2, 0.25) is 0 Å². The Kier molecular flexibility index (Phi) is 4.42. The number of hydrogen-bond acceptors (Lipinski definition) is 2. The summed E-state index contributed by atoms with van der Waals surface area (Å²) in [6.45, 7) is 7.11. The van der Waals surface area contributed by atoms with Crippen LogP contribution in [0.5, 0.6) is 0 Å². The summed E-state index contributed by atoms with van der Waals surface area (Å²) in [6, 6.07) is 8.10. The number of carbonyl (C=O) groups excluding carboxylic acids is 1. The van der Waals surface area contributed by atoms with Gasteiger partial charge in [-0.15, -0.1) is 0 Å². The maximum absolute atomic E-state index is 12.6. The first kappa shape index (κ1) is 17.5. The van der Waals surface area contributed by atoms with E-state index in [0.717, 1.165) is 49.6 Å². The average molecular weight is 368 g/mol. The van der Waals surface area contributed by atoms with Crippen molar-refractivity contribution in [3.8, 4) is 0 Å². The van der Waals surface area contributed by atoms with Crippen LogP contribution in [-0.4, -0.2) is 48.6 Å². The van der Waals surface area contributed by atoms with Crippen LogP contribution in [-0.2, 0) is 0 Å². The Hall–Kier alpha value is -1.55. The van der Waals surface area contributed by atoms with Crippen LogP contribution in [0.4, 0.5) is 10.5 Å². The Labute approximate surface area is 163 Å². The van der Waals surface area contributed by atoms with E-state index < -0.39 is 0 Å². The molecule has 1 saturated heterocycles. The van der Waals surface area contributed by atoms with Crippen molar-refractivity contribution in [2.75, 3.05) is 38.0 Å². The molecule has 6 rings (SSSR count). The van der Waals surface area contributed by atoms with Crippen LogP contribution in [0.15, 0.2) is 24.3 Å². The van der Waals surface area contributed by atoms with Gasteiger partial charge in [0.1, 0.15) is 0 Å². The molecule has 4 saturated carbocycles. The van der Waals surface area contributed by atoms with Crippen LogP contribution in [0, 0.1) is 30.1 Å². The number of nitrogens with one attached hydrogen (secondary N) is 1. The Morgan fingerprint density at radius 1 is 0.963 bits per heavy atom. The van der Waals surface area contributed by atoms with E-state index in [0.29, 0.717) is 5.41 Å². The summed E-state index contributed by atoms with van der Waals surface area (Å²) in [4.78, 5) is 17.2. The number of anilines is 1. The zero-order valence-electron chi connectivity index (χ0n) is 16.6. The largest absolute Gasteiger partial charge is 0.322 e. The molecule has 2 amide bonds. The van der Waals surface area contributed by atoms with Crippen molar-refractivity contribution in [3.63, 3.8) is 0 Å². The van der Waals surface area contributed by atoms with Crippen LogP contribution >= 0.6 is 0 Å². The van der Waals surface area contributed by atoms with Crippen molar-refractivity contribution in [1.82, 2.24) is 9.80 Å². The van der Waals surface area contributed by atoms with E-state index >= 15 is 0 Å². The summed E-state index contributed by atoms with van der Waals surface area (Å²) in [5.41, 5.74) is 2.72. The summed E-state index contributed by atoms with van der Waals surface area (Å²) >= 11 is 0. The Morgan fingerprint density at radius 3 is 2.07 bits per heavy atom. The number of aryl methyl sites for hydroxylation is 1. The van der Waals surface area contributed by atoms with Crippen molar-refractivity contribution < 1.29 is 4.79 Å². The van der Waals surface area contributed by atoms with Gasteiger partial charge >= 0.3 is 6.03 Å². The van der Waals surface area contributed by atoms with E-state index in [4.69, 9.17) is 0 Å². The highest BCUT2D eigenvalue weighted by atomic mass is 16.2. The van der Waals surface area contributed by atoms with Gasteiger partial charge in [-0.05, 0) is 80.8 Å². The fraction of sp³-hybridized carbons (Fsp3) is 0.696. The molecular weight excluding hydrogens is 334 g/mol. The maximum atomic E-state index is 12.6. The average Bonchev–Trinajstić information content (AvgIpc) is 2.63. The molecule has 1 heterocycles. The lowest BCUT2D eigenvalue weighted by Gasteiger charge is -2.58. The topological polar surface area (TPSA) is 35.6 Å². The van der Waals surface area contributed by atoms with Gasteiger partial charge in [0.2, 0.25) is 0 Å². The zero-order chi connectivity index (χ0) is 18.4. The first-order valence-corrected chi connectivity index (χ1v) is 10.9. The van der Waals surface area contributed by atoms with Crippen molar-refractivity contribution in [2.45, 2.75) is 45.4 Å². The second kappa shape index (κ2) is 6.80. The smallest absolute Gasteiger partial charge is 0.321 e. The molecule has 0 radical (unpaired) electrons. The molecular formula is C23H33N3O. The van der Waals surface area contributed by atoms with Gasteiger partial charge in [-0.1, -0.05) is 17.7 Å². The molecule has 4 aliphatic carbocycles. The minimum atomic E-state index is 0.0494. The summed E-state index contributed by atoms with van der Waals surface area (Å²) in [5.74, 6) is 3.08. The number of amides is 2. The second-order valence-corrected chi connectivity index (χ2v) is 9.98. The molecule has 1 aromatic carbocycles. The quantitative estimate of drug-likeness (QED) is 0.861. The first-order valence-electron chi connectivity index (χ1n) is 10.9. The second-order valence-electron chi connectivity index (χ2n) is 9.98. The van der Waals surface area contributed by atoms with Gasteiger partial charge in [-0.25, -0.2) is 4.79 Å². The lowest BCUT2D eigenvalue weighted by atomic mass is 9.49. The van der Waals surface area contributed by atoms with Gasteiger partial charge in [-0.3, -0.25) is 4.90 Å². The number of benzene rings is 1. The lowest BCUT2D eigenvalue weighted by Crippen LogP contribution is -2.56. The van der Waals surface area contributed by atoms with Gasteiger partial charge in [-0.2, -0.15) is 0 Å². The lowest BCUT2D eigenvalue weighted by molar-refractivity contribution is -0.0723. The predicted octanol–water partition coefficient (Wildman–Crippen LogP) is 4.36. The molecule has 5 aliphatic rings. The molecule has 146 valence electrons. The van der Waals surface area contributed by atoms with Crippen LogP contribution in [0.3, 0.4) is 0 Å². The minimum Gasteiger partial charge on any atom is -0.322 e. The number of carbonyl (C=O) groups is 1. The van der Waals surface area contributed by atoms with Gasteiger partial charge in [0, 0.05) is 38.4 Å². The third-order valence-electron chi connectivity index (χ3n) is 7.69. The fourth-order valence-electron chi connectivity index (χ4n) is 6.91. The highest BCUT2D eigenvalue weighted by Gasteiger charge is 2.51. The predicted molar refractivity (Wildman–Crippen MR) is 109 cm³/mol. The van der Waals surface area contributed by atoms with Gasteiger partial charge < -0.3 is 10.2 Å². The molecule has 0 unspecified atom stereocenters. The maximum Gasteiger partial charge on any atom is 0.321 e. The van der Waals surface area contributed by atoms with Gasteiger partial charge in [0.05, 0.1) is 0 Å². The van der Waals surface area contributed by atoms with Crippen molar-refractivity contribution >= 4 is 11.7 Å². The SMILES string of the molecule is Cc1ccc(NC(=O)N2CCN(CC34CC5CC(CC(C5)C3)C4)CC2)cc1. The summed E-state index contributed by atoms with van der Waals surface area (Å²) in [7, 11) is 0. The summed E-state index contributed by atoms with van der Waals surface area (Å²) in [6.07, 6.45) is 9.00. The number of urea groups is 1. The van der Waals surface area contributed by atoms with E-state index in [1.54, 1.807) is 0 Å². The highest BCUT2D eigenvalue weighted by molar-refractivity contribution is 5.89. The molecule has 0 spiro atoms. The molecule has 1 aliphatic heterocycles. The van der Waals surface area contributed by atoms with Crippen LogP contribution in [0.25, 0.3) is 0 Å². The Bertz CT molecular complexity index is 655. The third-order valence-corrected chi connectivity index (χ3v) is 7.69. The molecule has 1 aromatic rings. The number of rotatable bonds is 3. The van der Waals surface area contributed by atoms with Crippen LogP contribution in [0.1, 0.15) is 44.1 Å². The standard InChI is InChI=1S/C23H33N3O/c1-17-2-4-21(5-3-17)24-22(27)26-8-6-25(7-9-26)16-23-13-18-10-19(14-23)12-20(11-18)15-23/h2-5,18-20H,6-16H2,1H3,(H,24,27). The minimum absolute atomic E-state index is 0.0494. The summed E-state index contributed by atoms with van der Waals surface area (Å²) in [5, 5.41) is 3.05. The van der Waals surface area contributed by atoms with Crippen molar-refractivity contribution in [1.29, 1.82) is 0 Å². The summed E-state index contributed by atoms with van der Waals surface area (Å²) < 4.78 is 0. The van der Waals surface area contributed by atoms with Crippen molar-refractivity contribution in [2.24, 2.45) is 23.2 Å².